The van der Waals surface area contributed by atoms with Crippen LogP contribution in [0.5, 0.6) is 11.5 Å². The summed E-state index contributed by atoms with van der Waals surface area (Å²) in [7, 11) is 1.29. The molecule has 1 amide bonds. The molecular weight excluding hydrogens is 494 g/mol. The van der Waals surface area contributed by atoms with Gasteiger partial charge in [-0.2, -0.15) is 0 Å². The molecule has 0 spiro atoms. The third-order valence-electron chi connectivity index (χ3n) is 6.35. The first kappa shape index (κ1) is 26.8. The molecule has 2 aromatic carbocycles. The first-order chi connectivity index (χ1) is 18.3. The summed E-state index contributed by atoms with van der Waals surface area (Å²) in [5.74, 6) is -3.76. The van der Waals surface area contributed by atoms with E-state index < -0.39 is 35.1 Å². The van der Waals surface area contributed by atoms with E-state index in [1.54, 1.807) is 18.2 Å². The van der Waals surface area contributed by atoms with Crippen molar-refractivity contribution in [3.63, 3.8) is 0 Å². The van der Waals surface area contributed by atoms with Gasteiger partial charge in [0.1, 0.15) is 17.3 Å². The van der Waals surface area contributed by atoms with Crippen molar-refractivity contribution in [2.75, 3.05) is 13.7 Å². The molecule has 1 aliphatic rings. The van der Waals surface area contributed by atoms with Gasteiger partial charge in [-0.05, 0) is 54.4 Å². The summed E-state index contributed by atoms with van der Waals surface area (Å²) in [5.41, 5.74) is 0.254. The Hall–Kier alpha value is -4.27. The van der Waals surface area contributed by atoms with Crippen LogP contribution < -0.4 is 9.47 Å². The number of pyridine rings is 1. The molecule has 0 saturated carbocycles. The van der Waals surface area contributed by atoms with Crippen LogP contribution in [0, 0.1) is 11.6 Å². The number of carbonyl (C=O) groups is 2. The lowest BCUT2D eigenvalue weighted by atomic mass is 9.94. The number of Topliss-reactive ketones (excluding diaryl/α,β-unsaturated/α-hetero) is 1. The Morgan fingerprint density at radius 1 is 1.03 bits per heavy atom. The predicted molar refractivity (Wildman–Crippen MR) is 136 cm³/mol. The molecule has 1 atom stereocenters. The summed E-state index contributed by atoms with van der Waals surface area (Å²) in [4.78, 5) is 31.5. The second kappa shape index (κ2) is 11.9. The van der Waals surface area contributed by atoms with Gasteiger partial charge in [0.25, 0.3) is 11.7 Å². The van der Waals surface area contributed by atoms with Gasteiger partial charge in [0.05, 0.1) is 25.3 Å². The van der Waals surface area contributed by atoms with E-state index in [9.17, 15) is 19.1 Å². The van der Waals surface area contributed by atoms with Gasteiger partial charge in [0.15, 0.2) is 11.6 Å². The fourth-order valence-electron chi connectivity index (χ4n) is 4.38. The molecule has 38 heavy (non-hydrogen) atoms. The Labute approximate surface area is 219 Å². The van der Waals surface area contributed by atoms with Crippen molar-refractivity contribution in [2.24, 2.45) is 0 Å². The summed E-state index contributed by atoms with van der Waals surface area (Å²) in [6.07, 6.45) is 5.89. The molecule has 0 aliphatic carbocycles. The zero-order chi connectivity index (χ0) is 27.2. The third kappa shape index (κ3) is 5.51. The number of ketones is 1. The number of aromatic nitrogens is 1. The number of hydrogen-bond donors (Lipinski definition) is 1. The molecule has 198 valence electrons. The minimum Gasteiger partial charge on any atom is -0.507 e. The van der Waals surface area contributed by atoms with Gasteiger partial charge in [-0.15, -0.1) is 0 Å². The molecule has 1 unspecified atom stereocenters. The van der Waals surface area contributed by atoms with E-state index in [0.29, 0.717) is 17.9 Å². The second-order valence-corrected chi connectivity index (χ2v) is 8.87. The van der Waals surface area contributed by atoms with Gasteiger partial charge in [0, 0.05) is 36.1 Å². The largest absolute Gasteiger partial charge is 0.507 e. The summed E-state index contributed by atoms with van der Waals surface area (Å²) in [5, 5.41) is 11.1. The van der Waals surface area contributed by atoms with E-state index in [2.05, 4.69) is 11.9 Å². The van der Waals surface area contributed by atoms with Crippen LogP contribution in [0.4, 0.5) is 8.78 Å². The lowest BCUT2D eigenvalue weighted by Crippen LogP contribution is -2.29. The van der Waals surface area contributed by atoms with Crippen LogP contribution in [0.3, 0.4) is 0 Å². The first-order valence-electron chi connectivity index (χ1n) is 12.3. The van der Waals surface area contributed by atoms with Gasteiger partial charge < -0.3 is 19.5 Å². The standard InChI is InChI=1S/C29H28F2N2O5/c1-3-4-5-14-38-20-7-8-21(22(30)16-20)26-25(27(34)19-6-9-24(37-2)23(31)15-19)28(35)29(36)33(26)17-18-10-12-32-13-11-18/h6-13,15-16,26,34H,3-5,14,17H2,1-2H3/b27-25+. The molecule has 4 rings (SSSR count). The molecule has 1 N–H and O–H groups in total. The fourth-order valence-corrected chi connectivity index (χ4v) is 4.38. The second-order valence-electron chi connectivity index (χ2n) is 8.87. The number of benzene rings is 2. The van der Waals surface area contributed by atoms with Crippen molar-refractivity contribution < 1.29 is 33.0 Å². The highest BCUT2D eigenvalue weighted by atomic mass is 19.1. The van der Waals surface area contributed by atoms with Gasteiger partial charge in [-0.1, -0.05) is 19.8 Å². The average Bonchev–Trinajstić information content (AvgIpc) is 3.16. The normalized spacial score (nSPS) is 16.6. The number of ether oxygens (including phenoxy) is 2. The van der Waals surface area contributed by atoms with Crippen molar-refractivity contribution in [3.05, 3.63) is 94.8 Å². The number of aliphatic hydroxyl groups excluding tert-OH is 1. The van der Waals surface area contributed by atoms with Crippen molar-refractivity contribution in [1.29, 1.82) is 0 Å². The molecule has 0 radical (unpaired) electrons. The van der Waals surface area contributed by atoms with Gasteiger partial charge in [0.2, 0.25) is 0 Å². The van der Waals surface area contributed by atoms with Crippen LogP contribution in [0.15, 0.2) is 66.5 Å². The Morgan fingerprint density at radius 2 is 1.79 bits per heavy atom. The smallest absolute Gasteiger partial charge is 0.295 e. The number of nitrogens with zero attached hydrogens (tertiary/aromatic N) is 2. The highest BCUT2D eigenvalue weighted by Crippen LogP contribution is 2.42. The molecule has 7 nitrogen and oxygen atoms in total. The minimum absolute atomic E-state index is 0.00491. The average molecular weight is 523 g/mol. The number of unbranched alkanes of at least 4 members (excludes halogenated alkanes) is 2. The first-order valence-corrected chi connectivity index (χ1v) is 12.3. The number of rotatable bonds is 10. The van der Waals surface area contributed by atoms with Crippen LogP contribution in [0.1, 0.15) is 48.9 Å². The number of aliphatic hydroxyl groups is 1. The van der Waals surface area contributed by atoms with Gasteiger partial charge in [-0.25, -0.2) is 8.78 Å². The van der Waals surface area contributed by atoms with Crippen LogP contribution >= 0.6 is 0 Å². The van der Waals surface area contributed by atoms with Gasteiger partial charge >= 0.3 is 0 Å². The van der Waals surface area contributed by atoms with Crippen molar-refractivity contribution in [2.45, 2.75) is 38.8 Å². The molecule has 2 heterocycles. The molecule has 1 aliphatic heterocycles. The monoisotopic (exact) mass is 522 g/mol. The third-order valence-corrected chi connectivity index (χ3v) is 6.35. The number of methoxy groups -OCH3 is 1. The number of hydrogen-bond acceptors (Lipinski definition) is 6. The minimum atomic E-state index is -1.26. The number of likely N-dealkylation sites (tertiary alicyclic amines) is 1. The zero-order valence-corrected chi connectivity index (χ0v) is 21.1. The number of carbonyl (C=O) groups excluding carboxylic acids is 2. The topological polar surface area (TPSA) is 89.0 Å². The van der Waals surface area contributed by atoms with E-state index in [-0.39, 0.29) is 29.0 Å². The van der Waals surface area contributed by atoms with E-state index in [1.807, 2.05) is 0 Å². The summed E-state index contributed by atoms with van der Waals surface area (Å²) in [6.45, 7) is 2.45. The highest BCUT2D eigenvalue weighted by molar-refractivity contribution is 6.46. The van der Waals surface area contributed by atoms with E-state index in [1.165, 1.54) is 48.7 Å². The number of amides is 1. The van der Waals surface area contributed by atoms with Crippen molar-refractivity contribution >= 4 is 17.4 Å². The molecule has 3 aromatic rings. The van der Waals surface area contributed by atoms with Crippen molar-refractivity contribution in [1.82, 2.24) is 9.88 Å². The lowest BCUT2D eigenvalue weighted by Gasteiger charge is -2.26. The fraction of sp³-hybridized carbons (Fsp3) is 0.276. The Bertz CT molecular complexity index is 1360. The van der Waals surface area contributed by atoms with Crippen LogP contribution in [0.25, 0.3) is 5.76 Å². The molecule has 9 heteroatoms. The van der Waals surface area contributed by atoms with Crippen LogP contribution in [-0.2, 0) is 16.1 Å². The maximum absolute atomic E-state index is 15.5. The summed E-state index contributed by atoms with van der Waals surface area (Å²) in [6, 6.07) is 9.89. The van der Waals surface area contributed by atoms with E-state index in [0.717, 1.165) is 25.3 Å². The quantitative estimate of drug-likeness (QED) is 0.162. The maximum atomic E-state index is 15.5. The highest BCUT2D eigenvalue weighted by Gasteiger charge is 2.47. The van der Waals surface area contributed by atoms with E-state index in [4.69, 9.17) is 9.47 Å². The SMILES string of the molecule is CCCCCOc1ccc(C2/C(=C(\O)c3ccc(OC)c(F)c3)C(=O)C(=O)N2Cc2ccncc2)c(F)c1. The van der Waals surface area contributed by atoms with Crippen LogP contribution in [0.2, 0.25) is 0 Å². The van der Waals surface area contributed by atoms with Crippen LogP contribution in [-0.4, -0.2) is 40.4 Å². The molecule has 1 saturated heterocycles. The molecule has 1 fully saturated rings. The maximum Gasteiger partial charge on any atom is 0.295 e. The van der Waals surface area contributed by atoms with Crippen molar-refractivity contribution in [3.8, 4) is 11.5 Å². The Morgan fingerprint density at radius 3 is 2.45 bits per heavy atom. The Balaban J connectivity index is 1.79. The summed E-state index contributed by atoms with van der Waals surface area (Å²) < 4.78 is 40.5. The molecule has 1 aromatic heterocycles. The molecule has 0 bridgehead atoms. The molecular formula is C29H28F2N2O5. The lowest BCUT2D eigenvalue weighted by molar-refractivity contribution is -0.140. The Kier molecular flexibility index (Phi) is 8.35. The zero-order valence-electron chi connectivity index (χ0n) is 21.1. The van der Waals surface area contributed by atoms with E-state index >= 15 is 4.39 Å². The summed E-state index contributed by atoms with van der Waals surface area (Å²) >= 11 is 0. The number of halogens is 2. The predicted octanol–water partition coefficient (Wildman–Crippen LogP) is 5.56. The van der Waals surface area contributed by atoms with Gasteiger partial charge in [-0.3, -0.25) is 14.6 Å².